The summed E-state index contributed by atoms with van der Waals surface area (Å²) in [5.41, 5.74) is 2.27. The largest absolute Gasteiger partial charge is 0.351 e. The van der Waals surface area contributed by atoms with Crippen LogP contribution in [0.25, 0.3) is 0 Å². The molecule has 1 atom stereocenters. The number of hydrogen-bond acceptors (Lipinski definition) is 6. The highest BCUT2D eigenvalue weighted by molar-refractivity contribution is 7.91. The van der Waals surface area contributed by atoms with Crippen molar-refractivity contribution in [3.8, 4) is 0 Å². The van der Waals surface area contributed by atoms with Crippen LogP contribution in [0.3, 0.4) is 0 Å². The third-order valence-corrected chi connectivity index (χ3v) is 9.31. The number of rotatable bonds is 7. The number of thiophene rings is 1. The summed E-state index contributed by atoms with van der Waals surface area (Å²) < 4.78 is 27.4. The van der Waals surface area contributed by atoms with Crippen molar-refractivity contribution < 1.29 is 13.2 Å². The van der Waals surface area contributed by atoms with Gasteiger partial charge in [-0.05, 0) is 42.5 Å². The fraction of sp³-hybridized carbons (Fsp3) is 0.500. The van der Waals surface area contributed by atoms with Gasteiger partial charge in [-0.1, -0.05) is 30.3 Å². The van der Waals surface area contributed by atoms with Gasteiger partial charge in [0.2, 0.25) is 5.91 Å². The topological polar surface area (TPSA) is 73.0 Å². The molecule has 0 bridgehead atoms. The molecule has 168 valence electrons. The molecule has 9 heteroatoms. The van der Waals surface area contributed by atoms with Crippen molar-refractivity contribution in [3.63, 3.8) is 0 Å². The first-order valence-corrected chi connectivity index (χ1v) is 13.1. The van der Waals surface area contributed by atoms with Gasteiger partial charge in [-0.2, -0.15) is 4.31 Å². The van der Waals surface area contributed by atoms with Crippen molar-refractivity contribution in [1.29, 1.82) is 0 Å². The van der Waals surface area contributed by atoms with Crippen LogP contribution in [-0.2, 0) is 27.9 Å². The minimum atomic E-state index is -3.62. The van der Waals surface area contributed by atoms with Gasteiger partial charge in [0.25, 0.3) is 10.0 Å². The van der Waals surface area contributed by atoms with Gasteiger partial charge in [-0.25, -0.2) is 8.42 Å². The Morgan fingerprint density at radius 3 is 2.61 bits per heavy atom. The third-order valence-electron chi connectivity index (χ3n) is 6.02. The summed E-state index contributed by atoms with van der Waals surface area (Å²) in [6, 6.07) is 11.0. The zero-order valence-electron chi connectivity index (χ0n) is 17.9. The Bertz CT molecular complexity index is 986. The molecule has 2 aliphatic rings. The molecule has 0 spiro atoms. The molecule has 2 fully saturated rings. The third kappa shape index (κ3) is 5.35. The van der Waals surface area contributed by atoms with E-state index in [1.165, 1.54) is 21.2 Å². The second-order valence-electron chi connectivity index (χ2n) is 8.32. The van der Waals surface area contributed by atoms with Crippen LogP contribution in [0.15, 0.2) is 46.0 Å². The van der Waals surface area contributed by atoms with Gasteiger partial charge < -0.3 is 10.2 Å². The van der Waals surface area contributed by atoms with E-state index in [0.29, 0.717) is 30.1 Å². The number of benzene rings is 1. The average Bonchev–Trinajstić information content (AvgIpc) is 3.47. The molecule has 2 aliphatic heterocycles. The van der Waals surface area contributed by atoms with Gasteiger partial charge in [0.05, 0.1) is 0 Å². The molecule has 0 radical (unpaired) electrons. The van der Waals surface area contributed by atoms with E-state index in [0.717, 1.165) is 38.3 Å². The Morgan fingerprint density at radius 2 is 1.87 bits per heavy atom. The average molecular weight is 463 g/mol. The minimum absolute atomic E-state index is 0.220. The van der Waals surface area contributed by atoms with Crippen LogP contribution in [0.5, 0.6) is 0 Å². The number of hydrogen-bond donors (Lipinski definition) is 1. The highest BCUT2D eigenvalue weighted by atomic mass is 32.2. The van der Waals surface area contributed by atoms with Crippen LogP contribution in [0.2, 0.25) is 0 Å². The number of likely N-dealkylation sites (N-methyl/N-ethyl adjacent to an activating group) is 1. The van der Waals surface area contributed by atoms with Crippen molar-refractivity contribution in [1.82, 2.24) is 19.4 Å². The van der Waals surface area contributed by atoms with E-state index in [1.807, 2.05) is 12.1 Å². The highest BCUT2D eigenvalue weighted by Crippen LogP contribution is 2.28. The summed E-state index contributed by atoms with van der Waals surface area (Å²) in [7, 11) is -1.47. The summed E-state index contributed by atoms with van der Waals surface area (Å²) in [6.07, 6.45) is 1.25. The van der Waals surface area contributed by atoms with Crippen LogP contribution in [0.1, 0.15) is 24.0 Å². The Kier molecular flexibility index (Phi) is 7.08. The Morgan fingerprint density at radius 1 is 1.10 bits per heavy atom. The quantitative estimate of drug-likeness (QED) is 0.681. The molecular formula is C22H30N4O3S2. The molecule has 1 aromatic heterocycles. The number of carbonyl (C=O) groups excluding carboxylic acids is 1. The van der Waals surface area contributed by atoms with Gasteiger partial charge in [-0.15, -0.1) is 11.3 Å². The predicted molar refractivity (Wildman–Crippen MR) is 122 cm³/mol. The molecule has 2 aromatic rings. The van der Waals surface area contributed by atoms with Gasteiger partial charge in [0, 0.05) is 45.8 Å². The maximum absolute atomic E-state index is 12.9. The Labute approximate surface area is 188 Å². The van der Waals surface area contributed by atoms with Crippen molar-refractivity contribution in [3.05, 3.63) is 52.9 Å². The number of carbonyl (C=O) groups is 1. The van der Waals surface area contributed by atoms with Crippen LogP contribution in [0, 0.1) is 0 Å². The van der Waals surface area contributed by atoms with Gasteiger partial charge in [-0.3, -0.25) is 9.69 Å². The lowest BCUT2D eigenvalue weighted by molar-refractivity contribution is -0.124. The number of piperazine rings is 1. The van der Waals surface area contributed by atoms with Gasteiger partial charge in [0.1, 0.15) is 10.3 Å². The van der Waals surface area contributed by atoms with Crippen molar-refractivity contribution in [2.45, 2.75) is 36.2 Å². The molecular weight excluding hydrogens is 432 g/mol. The van der Waals surface area contributed by atoms with Crippen LogP contribution in [0.4, 0.5) is 0 Å². The molecule has 31 heavy (non-hydrogen) atoms. The lowest BCUT2D eigenvalue weighted by Gasteiger charge is -2.32. The standard InChI is InChI=1S/C22H30N4O3S2/c1-24-10-12-25(13-11-24)17-19-6-2-5-18(15-19)16-23-22(27)20-7-3-9-26(20)31(28,29)21-8-4-14-30-21/h2,4-6,8,14-15,20H,3,7,9-13,16-17H2,1H3,(H,23,27). The molecule has 7 nitrogen and oxygen atoms in total. The summed E-state index contributed by atoms with van der Waals surface area (Å²) in [5, 5.41) is 4.71. The number of nitrogens with one attached hydrogen (secondary N) is 1. The zero-order chi connectivity index (χ0) is 21.8. The first kappa shape index (κ1) is 22.4. The number of amides is 1. The van der Waals surface area contributed by atoms with Crippen molar-refractivity contribution >= 4 is 27.3 Å². The SMILES string of the molecule is CN1CCN(Cc2cccc(CNC(=O)C3CCCN3S(=O)(=O)c3cccs3)c2)CC1. The summed E-state index contributed by atoms with van der Waals surface area (Å²) >= 11 is 1.19. The molecule has 0 aliphatic carbocycles. The maximum Gasteiger partial charge on any atom is 0.253 e. The zero-order valence-corrected chi connectivity index (χ0v) is 19.5. The summed E-state index contributed by atoms with van der Waals surface area (Å²) in [6.45, 7) is 5.99. The van der Waals surface area contributed by atoms with Crippen LogP contribution >= 0.6 is 11.3 Å². The maximum atomic E-state index is 12.9. The van der Waals surface area contributed by atoms with E-state index in [1.54, 1.807) is 17.5 Å². The minimum Gasteiger partial charge on any atom is -0.351 e. The molecule has 1 aromatic carbocycles. The van der Waals surface area contributed by atoms with Crippen LogP contribution in [-0.4, -0.2) is 74.2 Å². The number of nitrogens with zero attached hydrogens (tertiary/aromatic N) is 3. The normalized spacial score (nSPS) is 21.4. The van der Waals surface area contributed by atoms with E-state index < -0.39 is 16.1 Å². The van der Waals surface area contributed by atoms with Gasteiger partial charge >= 0.3 is 0 Å². The molecule has 2 saturated heterocycles. The van der Waals surface area contributed by atoms with E-state index in [2.05, 4.69) is 34.3 Å². The number of sulfonamides is 1. The lowest BCUT2D eigenvalue weighted by atomic mass is 10.1. The molecule has 4 rings (SSSR count). The van der Waals surface area contributed by atoms with Crippen molar-refractivity contribution in [2.24, 2.45) is 0 Å². The molecule has 0 saturated carbocycles. The predicted octanol–water partition coefficient (Wildman–Crippen LogP) is 1.96. The molecule has 1 N–H and O–H groups in total. The summed E-state index contributed by atoms with van der Waals surface area (Å²) in [4.78, 5) is 17.6. The molecule has 3 heterocycles. The lowest BCUT2D eigenvalue weighted by Crippen LogP contribution is -2.45. The van der Waals surface area contributed by atoms with Gasteiger partial charge in [0.15, 0.2) is 0 Å². The smallest absolute Gasteiger partial charge is 0.253 e. The fourth-order valence-corrected chi connectivity index (χ4v) is 7.00. The molecule has 1 amide bonds. The summed E-state index contributed by atoms with van der Waals surface area (Å²) in [5.74, 6) is -0.220. The fourth-order valence-electron chi connectivity index (χ4n) is 4.22. The Balaban J connectivity index is 1.35. The highest BCUT2D eigenvalue weighted by Gasteiger charge is 2.39. The monoisotopic (exact) mass is 462 g/mol. The van der Waals surface area contributed by atoms with Crippen LogP contribution < -0.4 is 5.32 Å². The first-order chi connectivity index (χ1) is 14.9. The second kappa shape index (κ2) is 9.79. The molecule has 1 unspecified atom stereocenters. The van der Waals surface area contributed by atoms with Crippen molar-refractivity contribution in [2.75, 3.05) is 39.8 Å². The first-order valence-electron chi connectivity index (χ1n) is 10.8. The van der Waals surface area contributed by atoms with E-state index in [4.69, 9.17) is 0 Å². The van der Waals surface area contributed by atoms with E-state index >= 15 is 0 Å². The van der Waals surface area contributed by atoms with E-state index in [-0.39, 0.29) is 5.91 Å². The van der Waals surface area contributed by atoms with E-state index in [9.17, 15) is 13.2 Å². The Hall–Kier alpha value is -1.78. The second-order valence-corrected chi connectivity index (χ2v) is 11.4.